The smallest absolute Gasteiger partial charge is 0.171 e. The predicted octanol–water partition coefficient (Wildman–Crippen LogP) is 10.9. The first-order chi connectivity index (χ1) is 19.2. The van der Waals surface area contributed by atoms with Crippen molar-refractivity contribution in [2.45, 2.75) is 72.1 Å². The van der Waals surface area contributed by atoms with Crippen LogP contribution in [0.3, 0.4) is 0 Å². The van der Waals surface area contributed by atoms with Gasteiger partial charge in [-0.15, -0.1) is 42.9 Å². The molecule has 4 aliphatic rings. The molecule has 0 aliphatic heterocycles. The maximum Gasteiger partial charge on any atom is -0.171 e. The van der Waals surface area contributed by atoms with Crippen molar-refractivity contribution < 1.29 is 24.2 Å². The molecule has 0 aromatic heterocycles. The Hall–Kier alpha value is -2.05. The van der Waals surface area contributed by atoms with E-state index in [1.807, 2.05) is 42.5 Å². The molecular formula is C39H44Cl2Zr-4. The van der Waals surface area contributed by atoms with Gasteiger partial charge >= 0.3 is 28.4 Å². The molecule has 0 N–H and O–H groups in total. The fourth-order valence-corrected chi connectivity index (χ4v) is 5.96. The van der Waals surface area contributed by atoms with E-state index in [-0.39, 0.29) is 35.6 Å². The van der Waals surface area contributed by atoms with Crippen LogP contribution in [0.5, 0.6) is 0 Å². The molecule has 0 fully saturated rings. The molecule has 7 rings (SSSR count). The summed E-state index contributed by atoms with van der Waals surface area (Å²) in [6, 6.07) is 22.3. The van der Waals surface area contributed by atoms with Gasteiger partial charge in [0.1, 0.15) is 0 Å². The Morgan fingerprint density at radius 3 is 1.81 bits per heavy atom. The SMILES string of the molecule is CC1=[C-]C(C)(C)c2cc3c(cc21)-c1cc2c(cc1C3)C(C)(C)C=C2C.Cl.Cl.[C-]1=CC=CC1.[CH2-]C.[CH2]=[Zr].[c-]1ccccc1. The van der Waals surface area contributed by atoms with Crippen LogP contribution >= 0.6 is 24.8 Å². The molecule has 42 heavy (non-hydrogen) atoms. The zero-order valence-electron chi connectivity index (χ0n) is 26.2. The predicted molar refractivity (Wildman–Crippen MR) is 186 cm³/mol. The van der Waals surface area contributed by atoms with E-state index < -0.39 is 0 Å². The molecule has 222 valence electrons. The van der Waals surface area contributed by atoms with E-state index >= 15 is 0 Å². The fourth-order valence-electron chi connectivity index (χ4n) is 5.96. The number of allylic oxidation sites excluding steroid dienone is 8. The summed E-state index contributed by atoms with van der Waals surface area (Å²) in [4.78, 5) is 0. The van der Waals surface area contributed by atoms with Crippen molar-refractivity contribution in [1.82, 2.24) is 0 Å². The van der Waals surface area contributed by atoms with E-state index in [4.69, 9.17) is 0 Å². The van der Waals surface area contributed by atoms with Crippen LogP contribution in [0.15, 0.2) is 78.9 Å². The van der Waals surface area contributed by atoms with E-state index in [9.17, 15) is 0 Å². The van der Waals surface area contributed by atoms with Crippen molar-refractivity contribution in [2.24, 2.45) is 0 Å². The molecule has 0 amide bonds. The summed E-state index contributed by atoms with van der Waals surface area (Å²) in [6.07, 6.45) is 17.1. The molecule has 0 heterocycles. The van der Waals surface area contributed by atoms with E-state index in [1.54, 1.807) is 6.92 Å². The summed E-state index contributed by atoms with van der Waals surface area (Å²) in [7, 11) is 0. The van der Waals surface area contributed by atoms with Gasteiger partial charge in [-0.25, -0.2) is 17.7 Å². The summed E-state index contributed by atoms with van der Waals surface area (Å²) in [6.45, 7) is 18.7. The summed E-state index contributed by atoms with van der Waals surface area (Å²) in [5.74, 6) is 0. The number of hydrogen-bond donors (Lipinski definition) is 0. The normalized spacial score (nSPS) is 15.7. The van der Waals surface area contributed by atoms with Crippen molar-refractivity contribution in [3.05, 3.63) is 137 Å². The van der Waals surface area contributed by atoms with Crippen LogP contribution < -0.4 is 0 Å². The second-order valence-corrected chi connectivity index (χ2v) is 11.3. The molecule has 0 saturated carbocycles. The molecule has 0 atom stereocenters. The zero-order valence-corrected chi connectivity index (χ0v) is 30.2. The van der Waals surface area contributed by atoms with Gasteiger partial charge < -0.3 is 6.92 Å². The standard InChI is InChI=1S/C25H25.C6H5.C5H5.C2H5.CH2.2ClH.Zr/c1-14-12-24(3,4)22-8-16-7-17-9-23-19(15(2)13-25(23,5)6)11-21(17)20(16)10-18(14)22;1-2-4-6-5-3-1;1-2-4-5-3-1;1-2;;;;/h8-12H,7H2,1-6H3;1-5H;1-3H,4H2;1H2,2H3;1H2;2*1H;/q4*-1;;;;. The third-order valence-corrected chi connectivity index (χ3v) is 7.62. The minimum absolute atomic E-state index is 0. The topological polar surface area (TPSA) is 0 Å². The third-order valence-electron chi connectivity index (χ3n) is 7.62. The van der Waals surface area contributed by atoms with Crippen LogP contribution in [0.1, 0.15) is 88.3 Å². The van der Waals surface area contributed by atoms with Crippen molar-refractivity contribution in [2.75, 3.05) is 0 Å². The molecule has 0 saturated heterocycles. The van der Waals surface area contributed by atoms with Crippen LogP contribution in [-0.4, -0.2) is 4.21 Å². The Bertz CT molecular complexity index is 1330. The summed E-state index contributed by atoms with van der Waals surface area (Å²) in [5, 5.41) is 0. The van der Waals surface area contributed by atoms with Gasteiger partial charge in [0.15, 0.2) is 0 Å². The molecular weight excluding hydrogens is 631 g/mol. The first-order valence-corrected chi connectivity index (χ1v) is 15.8. The summed E-state index contributed by atoms with van der Waals surface area (Å²) >= 11 is 1.30. The van der Waals surface area contributed by atoms with Crippen molar-refractivity contribution in [3.63, 3.8) is 0 Å². The Balaban J connectivity index is 0.000000432. The average molecular weight is 675 g/mol. The van der Waals surface area contributed by atoms with Crippen LogP contribution in [0, 0.1) is 25.1 Å². The molecule has 0 spiro atoms. The average Bonchev–Trinajstić information content (AvgIpc) is 3.73. The van der Waals surface area contributed by atoms with Crippen molar-refractivity contribution in [1.29, 1.82) is 0 Å². The van der Waals surface area contributed by atoms with Gasteiger partial charge in [0.2, 0.25) is 0 Å². The molecule has 3 aromatic rings. The van der Waals surface area contributed by atoms with Gasteiger partial charge in [-0.1, -0.05) is 58.2 Å². The van der Waals surface area contributed by atoms with Gasteiger partial charge in [-0.05, 0) is 58.4 Å². The van der Waals surface area contributed by atoms with Crippen LogP contribution in [0.2, 0.25) is 0 Å². The van der Waals surface area contributed by atoms with E-state index in [1.165, 1.54) is 79.9 Å². The van der Waals surface area contributed by atoms with E-state index in [2.05, 4.69) is 107 Å². The molecule has 3 heteroatoms. The minimum atomic E-state index is 0. The number of rotatable bonds is 0. The molecule has 0 radical (unpaired) electrons. The Labute approximate surface area is 283 Å². The van der Waals surface area contributed by atoms with Crippen LogP contribution in [0.25, 0.3) is 22.3 Å². The van der Waals surface area contributed by atoms with Gasteiger partial charge in [0.05, 0.1) is 0 Å². The first kappa shape index (κ1) is 38.0. The molecule has 0 nitrogen and oxygen atoms in total. The van der Waals surface area contributed by atoms with Crippen LogP contribution in [-0.2, 0) is 41.5 Å². The van der Waals surface area contributed by atoms with E-state index in [0.29, 0.717) is 0 Å². The Kier molecular flexibility index (Phi) is 15.1. The molecule has 0 bridgehead atoms. The zero-order chi connectivity index (χ0) is 29.5. The third kappa shape index (κ3) is 8.31. The van der Waals surface area contributed by atoms with Gasteiger partial charge in [-0.3, -0.25) is 12.2 Å². The van der Waals surface area contributed by atoms with Gasteiger partial charge in [0, 0.05) is 5.41 Å². The second kappa shape index (κ2) is 16.7. The van der Waals surface area contributed by atoms with E-state index in [0.717, 1.165) is 12.8 Å². The molecule has 4 aliphatic carbocycles. The van der Waals surface area contributed by atoms with Gasteiger partial charge in [0.25, 0.3) is 0 Å². The van der Waals surface area contributed by atoms with Crippen LogP contribution in [0.4, 0.5) is 0 Å². The molecule has 0 unspecified atom stereocenters. The van der Waals surface area contributed by atoms with Gasteiger partial charge in [-0.2, -0.15) is 55.0 Å². The first-order valence-electron chi connectivity index (χ1n) is 14.0. The number of halogens is 2. The fraction of sp³-hybridized carbons (Fsp3) is 0.282. The number of fused-ring (bicyclic) bond motifs is 5. The summed E-state index contributed by atoms with van der Waals surface area (Å²) < 4.78 is 3.34. The van der Waals surface area contributed by atoms with Crippen molar-refractivity contribution in [3.8, 4) is 11.1 Å². The monoisotopic (exact) mass is 672 g/mol. The number of hydrogen-bond acceptors (Lipinski definition) is 0. The Morgan fingerprint density at radius 2 is 1.36 bits per heavy atom. The minimum Gasteiger partial charge on any atom is -0.184 e. The second-order valence-electron chi connectivity index (χ2n) is 11.3. The largest absolute Gasteiger partial charge is 0.184 e. The number of benzene rings is 3. The molecule has 3 aromatic carbocycles. The summed E-state index contributed by atoms with van der Waals surface area (Å²) in [5.41, 5.74) is 14.5. The Morgan fingerprint density at radius 1 is 0.786 bits per heavy atom. The maximum absolute atomic E-state index is 3.65. The van der Waals surface area contributed by atoms with Crippen molar-refractivity contribution >= 4 is 40.2 Å². The maximum atomic E-state index is 3.65. The quantitative estimate of drug-likeness (QED) is 0.163.